The Morgan fingerprint density at radius 1 is 1.44 bits per heavy atom. The van der Waals surface area contributed by atoms with E-state index in [2.05, 4.69) is 22.6 Å². The van der Waals surface area contributed by atoms with Gasteiger partial charge in [0.15, 0.2) is 0 Å². The third-order valence-corrected chi connectivity index (χ3v) is 2.53. The van der Waals surface area contributed by atoms with Crippen molar-refractivity contribution in [3.05, 3.63) is 60.8 Å². The molecule has 1 heterocycles. The third-order valence-electron chi connectivity index (χ3n) is 2.53. The fourth-order valence-electron chi connectivity index (χ4n) is 1.71. The Bertz CT molecular complexity index is 541. The number of benzene rings is 1. The molecule has 0 unspecified atom stereocenters. The van der Waals surface area contributed by atoms with Crippen LogP contribution >= 0.6 is 0 Å². The predicted octanol–water partition coefficient (Wildman–Crippen LogP) is 3.64. The quantitative estimate of drug-likeness (QED) is 0.640. The Hall–Kier alpha value is -2.29. The first kappa shape index (κ1) is 12.2. The van der Waals surface area contributed by atoms with Gasteiger partial charge in [-0.05, 0) is 18.6 Å². The molecule has 0 saturated heterocycles. The molecule has 2 aromatic rings. The molecule has 0 fully saturated rings. The van der Waals surface area contributed by atoms with E-state index in [1.165, 1.54) is 0 Å². The number of nitrogens with zero attached hydrogens (tertiary/aromatic N) is 1. The summed E-state index contributed by atoms with van der Waals surface area (Å²) >= 11 is 0. The number of hydrogen-bond acceptors (Lipinski definition) is 2. The van der Waals surface area contributed by atoms with Crippen LogP contribution in [0.4, 0.5) is 0 Å². The minimum atomic E-state index is 0.630. The van der Waals surface area contributed by atoms with Gasteiger partial charge in [0.1, 0.15) is 5.76 Å². The van der Waals surface area contributed by atoms with E-state index in [4.69, 9.17) is 4.74 Å². The van der Waals surface area contributed by atoms with E-state index in [1.807, 2.05) is 43.5 Å². The normalized spacial score (nSPS) is 10.7. The molecule has 0 aliphatic carbocycles. The summed E-state index contributed by atoms with van der Waals surface area (Å²) in [7, 11) is 0. The molecule has 0 aliphatic heterocycles. The van der Waals surface area contributed by atoms with Crippen molar-refractivity contribution in [3.8, 4) is 11.3 Å². The van der Waals surface area contributed by atoms with Crippen LogP contribution in [0.2, 0.25) is 0 Å². The molecule has 3 heteroatoms. The average Bonchev–Trinajstić information content (AvgIpc) is 2.91. The molecular weight excluding hydrogens is 224 g/mol. The number of imidazole rings is 1. The third kappa shape index (κ3) is 2.88. The van der Waals surface area contributed by atoms with Gasteiger partial charge in [-0.3, -0.25) is 0 Å². The lowest BCUT2D eigenvalue weighted by molar-refractivity contribution is 0.244. The largest absolute Gasteiger partial charge is 0.495 e. The van der Waals surface area contributed by atoms with Gasteiger partial charge in [-0.25, -0.2) is 4.98 Å². The Balaban J connectivity index is 2.26. The zero-order valence-corrected chi connectivity index (χ0v) is 10.4. The molecule has 1 aromatic carbocycles. The monoisotopic (exact) mass is 240 g/mol. The van der Waals surface area contributed by atoms with Gasteiger partial charge in [0.25, 0.3) is 0 Å². The molecule has 0 spiro atoms. The topological polar surface area (TPSA) is 37.9 Å². The van der Waals surface area contributed by atoms with Crippen LogP contribution in [0, 0.1) is 0 Å². The molecule has 2 rings (SSSR count). The van der Waals surface area contributed by atoms with Crippen LogP contribution in [-0.2, 0) is 4.74 Å². The van der Waals surface area contributed by atoms with Gasteiger partial charge in [0, 0.05) is 5.56 Å². The summed E-state index contributed by atoms with van der Waals surface area (Å²) in [5, 5.41) is 0. The summed E-state index contributed by atoms with van der Waals surface area (Å²) in [5.74, 6) is 0.664. The highest BCUT2D eigenvalue weighted by Gasteiger charge is 2.02. The summed E-state index contributed by atoms with van der Waals surface area (Å²) < 4.78 is 5.29. The van der Waals surface area contributed by atoms with Crippen molar-refractivity contribution in [1.82, 2.24) is 9.97 Å². The molecule has 0 atom stereocenters. The maximum absolute atomic E-state index is 5.29. The zero-order chi connectivity index (χ0) is 12.8. The number of hydrogen-bond donors (Lipinski definition) is 1. The lowest BCUT2D eigenvalue weighted by Crippen LogP contribution is -1.86. The van der Waals surface area contributed by atoms with Gasteiger partial charge < -0.3 is 9.72 Å². The first-order chi connectivity index (χ1) is 8.81. The van der Waals surface area contributed by atoms with E-state index in [0.29, 0.717) is 12.4 Å². The Labute approximate surface area is 107 Å². The highest BCUT2D eigenvalue weighted by Crippen LogP contribution is 2.22. The van der Waals surface area contributed by atoms with Crippen LogP contribution in [0.3, 0.4) is 0 Å². The van der Waals surface area contributed by atoms with Crippen molar-refractivity contribution in [2.75, 3.05) is 6.61 Å². The molecule has 0 amide bonds. The summed E-state index contributed by atoms with van der Waals surface area (Å²) in [4.78, 5) is 7.15. The number of aromatic amines is 1. The average molecular weight is 240 g/mol. The molecule has 1 N–H and O–H groups in total. The molecular formula is C15H16N2O. The molecule has 1 aromatic heterocycles. The number of nitrogens with one attached hydrogen (secondary N) is 1. The van der Waals surface area contributed by atoms with Gasteiger partial charge >= 0.3 is 0 Å². The minimum Gasteiger partial charge on any atom is -0.495 e. The van der Waals surface area contributed by atoms with E-state index in [0.717, 1.165) is 16.8 Å². The molecule has 0 bridgehead atoms. The van der Waals surface area contributed by atoms with E-state index in [1.54, 1.807) is 6.33 Å². The summed E-state index contributed by atoms with van der Waals surface area (Å²) in [6.07, 6.45) is 7.35. The lowest BCUT2D eigenvalue weighted by atomic mass is 10.0. The van der Waals surface area contributed by atoms with Gasteiger partial charge in [-0.1, -0.05) is 36.9 Å². The highest BCUT2D eigenvalue weighted by atomic mass is 16.5. The molecule has 3 nitrogen and oxygen atoms in total. The molecule has 0 saturated carbocycles. The standard InChI is InChI=1S/C15H16N2O/c1-3-18-12(2)8-9-13-6-4-5-7-14(13)15-10-16-11-17-15/h4-11H,2-3H2,1H3,(H,16,17)/b9-8+. The van der Waals surface area contributed by atoms with Crippen LogP contribution < -0.4 is 0 Å². The SMILES string of the molecule is C=C(/C=C/c1ccccc1-c1cnc[nH]1)OCC. The van der Waals surface area contributed by atoms with Gasteiger partial charge in [0.2, 0.25) is 0 Å². The maximum atomic E-state index is 5.29. The van der Waals surface area contributed by atoms with E-state index < -0.39 is 0 Å². The Morgan fingerprint density at radius 2 is 2.28 bits per heavy atom. The zero-order valence-electron chi connectivity index (χ0n) is 10.4. The molecule has 92 valence electrons. The summed E-state index contributed by atoms with van der Waals surface area (Å²) in [6, 6.07) is 8.11. The van der Waals surface area contributed by atoms with Crippen LogP contribution in [0.1, 0.15) is 12.5 Å². The fourth-order valence-corrected chi connectivity index (χ4v) is 1.71. The van der Waals surface area contributed by atoms with Crippen molar-refractivity contribution < 1.29 is 4.74 Å². The van der Waals surface area contributed by atoms with Gasteiger partial charge in [0.05, 0.1) is 24.8 Å². The van der Waals surface area contributed by atoms with Crippen LogP contribution in [0.15, 0.2) is 55.2 Å². The van der Waals surface area contributed by atoms with Crippen LogP contribution in [0.25, 0.3) is 17.3 Å². The van der Waals surface area contributed by atoms with Gasteiger partial charge in [-0.2, -0.15) is 0 Å². The Kier molecular flexibility index (Phi) is 3.97. The van der Waals surface area contributed by atoms with Crippen molar-refractivity contribution in [1.29, 1.82) is 0 Å². The minimum absolute atomic E-state index is 0.630. The van der Waals surface area contributed by atoms with E-state index >= 15 is 0 Å². The fraction of sp³-hybridized carbons (Fsp3) is 0.133. The number of ether oxygens (including phenoxy) is 1. The van der Waals surface area contributed by atoms with Crippen molar-refractivity contribution in [3.63, 3.8) is 0 Å². The molecule has 0 aliphatic rings. The summed E-state index contributed by atoms with van der Waals surface area (Å²) in [6.45, 7) is 6.40. The van der Waals surface area contributed by atoms with E-state index in [9.17, 15) is 0 Å². The Morgan fingerprint density at radius 3 is 3.00 bits per heavy atom. The highest BCUT2D eigenvalue weighted by molar-refractivity contribution is 5.73. The lowest BCUT2D eigenvalue weighted by Gasteiger charge is -2.04. The first-order valence-electron chi connectivity index (χ1n) is 5.89. The van der Waals surface area contributed by atoms with E-state index in [-0.39, 0.29) is 0 Å². The second-order valence-electron chi connectivity index (χ2n) is 3.79. The second kappa shape index (κ2) is 5.87. The molecule has 0 radical (unpaired) electrons. The van der Waals surface area contributed by atoms with Crippen LogP contribution in [-0.4, -0.2) is 16.6 Å². The van der Waals surface area contributed by atoms with Crippen molar-refractivity contribution >= 4 is 6.08 Å². The number of allylic oxidation sites excluding steroid dienone is 1. The number of H-pyrrole nitrogens is 1. The predicted molar refractivity (Wildman–Crippen MR) is 73.8 cm³/mol. The number of aromatic nitrogens is 2. The first-order valence-corrected chi connectivity index (χ1v) is 5.89. The van der Waals surface area contributed by atoms with Crippen molar-refractivity contribution in [2.45, 2.75) is 6.92 Å². The smallest absolute Gasteiger partial charge is 0.112 e. The van der Waals surface area contributed by atoms with Crippen molar-refractivity contribution in [2.24, 2.45) is 0 Å². The van der Waals surface area contributed by atoms with Gasteiger partial charge in [-0.15, -0.1) is 0 Å². The number of rotatable bonds is 5. The molecule has 18 heavy (non-hydrogen) atoms. The van der Waals surface area contributed by atoms with Crippen LogP contribution in [0.5, 0.6) is 0 Å². The second-order valence-corrected chi connectivity index (χ2v) is 3.79. The maximum Gasteiger partial charge on any atom is 0.112 e. The summed E-state index contributed by atoms with van der Waals surface area (Å²) in [5.41, 5.74) is 3.20.